The van der Waals surface area contributed by atoms with E-state index >= 15 is 0 Å². The fourth-order valence-electron chi connectivity index (χ4n) is 1.38. The number of hydrogen-bond acceptors (Lipinski definition) is 5. The summed E-state index contributed by atoms with van der Waals surface area (Å²) in [5.74, 6) is -0.630. The molecule has 0 aromatic carbocycles. The molecule has 9 heteroatoms. The van der Waals surface area contributed by atoms with E-state index in [9.17, 15) is 13.2 Å². The summed E-state index contributed by atoms with van der Waals surface area (Å²) in [5, 5.41) is 0. The second kappa shape index (κ2) is 6.90. The molecule has 108 valence electrons. The third-order valence-corrected chi connectivity index (χ3v) is 5.85. The first-order valence-electron chi connectivity index (χ1n) is 5.34. The van der Waals surface area contributed by atoms with Gasteiger partial charge in [0.2, 0.25) is 10.0 Å². The molecular formula is C10H13Cl2NO4S2. The number of ether oxygens (including phenoxy) is 1. The Hall–Kier alpha value is -0.340. The van der Waals surface area contributed by atoms with Crippen LogP contribution in [0.5, 0.6) is 0 Å². The van der Waals surface area contributed by atoms with Crippen LogP contribution in [0.15, 0.2) is 11.0 Å². The number of rotatable bonds is 6. The molecule has 0 atom stereocenters. The van der Waals surface area contributed by atoms with Crippen LogP contribution in [0.4, 0.5) is 0 Å². The van der Waals surface area contributed by atoms with Crippen molar-refractivity contribution in [3.8, 4) is 0 Å². The Morgan fingerprint density at radius 3 is 2.53 bits per heavy atom. The second-order valence-corrected chi connectivity index (χ2v) is 7.80. The van der Waals surface area contributed by atoms with E-state index in [0.717, 1.165) is 15.6 Å². The lowest BCUT2D eigenvalue weighted by molar-refractivity contribution is -0.140. The van der Waals surface area contributed by atoms with Gasteiger partial charge in [-0.15, -0.1) is 11.3 Å². The van der Waals surface area contributed by atoms with Crippen LogP contribution in [0.1, 0.15) is 13.3 Å². The molecule has 0 aliphatic heterocycles. The zero-order valence-electron chi connectivity index (χ0n) is 10.4. The zero-order valence-corrected chi connectivity index (χ0v) is 13.5. The van der Waals surface area contributed by atoms with Gasteiger partial charge in [0.1, 0.15) is 15.8 Å². The van der Waals surface area contributed by atoms with E-state index in [2.05, 4.69) is 4.74 Å². The van der Waals surface area contributed by atoms with Crippen molar-refractivity contribution in [2.75, 3.05) is 20.2 Å². The molecule has 1 aromatic rings. The molecule has 1 rings (SSSR count). The third kappa shape index (κ3) is 4.06. The molecule has 0 N–H and O–H groups in total. The molecule has 1 heterocycles. The normalized spacial score (nSPS) is 11.8. The maximum absolute atomic E-state index is 12.4. The summed E-state index contributed by atoms with van der Waals surface area (Å²) in [4.78, 5) is 11.2. The van der Waals surface area contributed by atoms with Gasteiger partial charge in [-0.3, -0.25) is 4.79 Å². The Morgan fingerprint density at radius 1 is 1.47 bits per heavy atom. The van der Waals surface area contributed by atoms with Gasteiger partial charge in [0.15, 0.2) is 0 Å². The fourth-order valence-corrected chi connectivity index (χ4v) is 4.97. The van der Waals surface area contributed by atoms with E-state index in [1.54, 1.807) is 0 Å². The molecule has 0 saturated carbocycles. The van der Waals surface area contributed by atoms with Crippen LogP contribution in [0, 0.1) is 0 Å². The molecule has 0 bridgehead atoms. The van der Waals surface area contributed by atoms with Crippen molar-refractivity contribution in [3.63, 3.8) is 0 Å². The first kappa shape index (κ1) is 16.7. The van der Waals surface area contributed by atoms with Crippen molar-refractivity contribution in [2.45, 2.75) is 18.2 Å². The van der Waals surface area contributed by atoms with Crippen LogP contribution in [0.25, 0.3) is 0 Å². The lowest BCUT2D eigenvalue weighted by Crippen LogP contribution is -2.36. The molecule has 0 fully saturated rings. The van der Waals surface area contributed by atoms with Gasteiger partial charge in [-0.05, 0) is 12.5 Å². The maximum Gasteiger partial charge on any atom is 0.321 e. The van der Waals surface area contributed by atoms with Gasteiger partial charge in [-0.1, -0.05) is 30.1 Å². The summed E-state index contributed by atoms with van der Waals surface area (Å²) in [7, 11) is -2.65. The summed E-state index contributed by atoms with van der Waals surface area (Å²) in [6.07, 6.45) is 0.561. The van der Waals surface area contributed by atoms with Crippen molar-refractivity contribution in [3.05, 3.63) is 14.7 Å². The molecule has 1 aromatic heterocycles. The molecule has 19 heavy (non-hydrogen) atoms. The predicted octanol–water partition coefficient (Wildman–Crippen LogP) is 2.63. The van der Waals surface area contributed by atoms with Gasteiger partial charge in [-0.2, -0.15) is 4.31 Å². The third-order valence-electron chi connectivity index (χ3n) is 2.25. The second-order valence-electron chi connectivity index (χ2n) is 3.60. The molecule has 0 radical (unpaired) electrons. The van der Waals surface area contributed by atoms with Gasteiger partial charge in [-0.25, -0.2) is 8.42 Å². The van der Waals surface area contributed by atoms with Crippen LogP contribution in [0.2, 0.25) is 8.67 Å². The van der Waals surface area contributed by atoms with Crippen molar-refractivity contribution in [1.29, 1.82) is 0 Å². The first-order chi connectivity index (χ1) is 8.82. The van der Waals surface area contributed by atoms with Crippen LogP contribution < -0.4 is 0 Å². The summed E-state index contributed by atoms with van der Waals surface area (Å²) in [5.41, 5.74) is 0. The monoisotopic (exact) mass is 345 g/mol. The highest BCUT2D eigenvalue weighted by molar-refractivity contribution is 7.89. The van der Waals surface area contributed by atoms with Crippen molar-refractivity contribution in [2.24, 2.45) is 0 Å². The van der Waals surface area contributed by atoms with Gasteiger partial charge >= 0.3 is 5.97 Å². The topological polar surface area (TPSA) is 63.7 Å². The van der Waals surface area contributed by atoms with Gasteiger partial charge in [0.25, 0.3) is 0 Å². The summed E-state index contributed by atoms with van der Waals surface area (Å²) in [6.45, 7) is 1.65. The van der Waals surface area contributed by atoms with Crippen LogP contribution in [-0.2, 0) is 19.6 Å². The zero-order chi connectivity index (χ0) is 14.6. The summed E-state index contributed by atoms with van der Waals surface area (Å²) < 4.78 is 30.7. The fraction of sp³-hybridized carbons (Fsp3) is 0.500. The molecule has 0 saturated heterocycles. The van der Waals surface area contributed by atoms with Crippen molar-refractivity contribution < 1.29 is 17.9 Å². The Balaban J connectivity index is 3.12. The molecule has 5 nitrogen and oxygen atoms in total. The largest absolute Gasteiger partial charge is 0.468 e. The van der Waals surface area contributed by atoms with Crippen molar-refractivity contribution >= 4 is 50.5 Å². The predicted molar refractivity (Wildman–Crippen MR) is 75.4 cm³/mol. The molecule has 0 spiro atoms. The van der Waals surface area contributed by atoms with E-state index in [1.807, 2.05) is 6.92 Å². The number of nitrogens with zero attached hydrogens (tertiary/aromatic N) is 1. The quantitative estimate of drug-likeness (QED) is 0.743. The van der Waals surface area contributed by atoms with Crippen LogP contribution >= 0.6 is 34.5 Å². The standard InChI is InChI=1S/C10H13Cl2NO4S2/c1-3-4-13(6-9(14)17-2)19(15,16)7-5-8(11)18-10(7)12/h5H,3-4,6H2,1-2H3. The highest BCUT2D eigenvalue weighted by atomic mass is 35.5. The maximum atomic E-state index is 12.4. The Morgan fingerprint density at radius 2 is 2.11 bits per heavy atom. The highest BCUT2D eigenvalue weighted by Crippen LogP contribution is 2.35. The average molecular weight is 346 g/mol. The molecular weight excluding hydrogens is 333 g/mol. The number of carbonyl (C=O) groups excluding carboxylic acids is 1. The van der Waals surface area contributed by atoms with Crippen LogP contribution in [0.3, 0.4) is 0 Å². The Labute approximate surface area is 126 Å². The number of halogens is 2. The SMILES string of the molecule is CCCN(CC(=O)OC)S(=O)(=O)c1cc(Cl)sc1Cl. The number of carbonyl (C=O) groups is 1. The van der Waals surface area contributed by atoms with Crippen molar-refractivity contribution in [1.82, 2.24) is 4.31 Å². The summed E-state index contributed by atoms with van der Waals surface area (Å²) in [6, 6.07) is 1.28. The number of thiophene rings is 1. The smallest absolute Gasteiger partial charge is 0.321 e. The minimum Gasteiger partial charge on any atom is -0.468 e. The molecule has 0 amide bonds. The number of sulfonamides is 1. The number of methoxy groups -OCH3 is 1. The molecule has 0 unspecified atom stereocenters. The number of hydrogen-bond donors (Lipinski definition) is 0. The Bertz CT molecular complexity index is 556. The van der Waals surface area contributed by atoms with E-state index < -0.39 is 16.0 Å². The van der Waals surface area contributed by atoms with Crippen LogP contribution in [-0.4, -0.2) is 38.9 Å². The molecule has 0 aliphatic carbocycles. The van der Waals surface area contributed by atoms with Gasteiger partial charge in [0, 0.05) is 6.54 Å². The minimum absolute atomic E-state index is 0.0796. The molecule has 0 aliphatic rings. The lowest BCUT2D eigenvalue weighted by Gasteiger charge is -2.19. The van der Waals surface area contributed by atoms with E-state index in [0.29, 0.717) is 6.42 Å². The number of esters is 1. The summed E-state index contributed by atoms with van der Waals surface area (Å²) >= 11 is 12.6. The average Bonchev–Trinajstić information content (AvgIpc) is 2.68. The Kier molecular flexibility index (Phi) is 6.07. The van der Waals surface area contributed by atoms with E-state index in [1.165, 1.54) is 13.2 Å². The van der Waals surface area contributed by atoms with Gasteiger partial charge < -0.3 is 4.74 Å². The van der Waals surface area contributed by atoms with E-state index in [4.69, 9.17) is 23.2 Å². The minimum atomic E-state index is -3.85. The van der Waals surface area contributed by atoms with Gasteiger partial charge in [0.05, 0.1) is 11.4 Å². The van der Waals surface area contributed by atoms with E-state index in [-0.39, 0.29) is 26.7 Å². The lowest BCUT2D eigenvalue weighted by atomic mass is 10.5. The first-order valence-corrected chi connectivity index (χ1v) is 8.36. The highest BCUT2D eigenvalue weighted by Gasteiger charge is 2.29.